The number of pyridine rings is 1. The Kier molecular flexibility index (Phi) is 6.74. The van der Waals surface area contributed by atoms with E-state index in [1.807, 2.05) is 30.3 Å². The maximum Gasteiger partial charge on any atom is 0.258 e. The van der Waals surface area contributed by atoms with Crippen LogP contribution in [0.5, 0.6) is 0 Å². The van der Waals surface area contributed by atoms with Crippen LogP contribution in [-0.2, 0) is 9.59 Å². The summed E-state index contributed by atoms with van der Waals surface area (Å²) in [4.78, 5) is 40.6. The third-order valence-electron chi connectivity index (χ3n) is 6.19. The van der Waals surface area contributed by atoms with Gasteiger partial charge < -0.3 is 14.9 Å². The van der Waals surface area contributed by atoms with Crippen LogP contribution in [0.3, 0.4) is 0 Å². The number of hydrazine groups is 1. The maximum absolute atomic E-state index is 13.5. The molecule has 0 fully saturated rings. The Hall–Kier alpha value is -4.07. The van der Waals surface area contributed by atoms with Crippen LogP contribution in [0.15, 0.2) is 83.7 Å². The molecule has 186 valence electrons. The fourth-order valence-corrected chi connectivity index (χ4v) is 4.95. The Labute approximate surface area is 221 Å². The fourth-order valence-electron chi connectivity index (χ4n) is 4.53. The normalized spacial score (nSPS) is 14.9. The second kappa shape index (κ2) is 10.1. The first-order valence-corrected chi connectivity index (χ1v) is 12.2. The number of carboxylic acid groups (broad SMARTS) is 1. The van der Waals surface area contributed by atoms with Crippen LogP contribution in [0.25, 0.3) is 27.7 Å². The number of nitrogens with zero attached hydrogens (tertiary/aromatic N) is 1. The van der Waals surface area contributed by atoms with E-state index in [0.29, 0.717) is 37.9 Å². The molecule has 0 unspecified atom stereocenters. The fraction of sp³-hybridized carbons (Fsp3) is 0.107. The van der Waals surface area contributed by atoms with Crippen molar-refractivity contribution >= 4 is 51.7 Å². The second-order valence-electron chi connectivity index (χ2n) is 8.55. The molecule has 0 saturated carbocycles. The van der Waals surface area contributed by atoms with Crippen LogP contribution < -0.4 is 16.1 Å². The SMILES string of the molecule is O=C([O-])CCC(=O)N1NC(c2c(-c3ccccc3)c3cc(Cl)ccc3[nH]c2=O)=C[C@H]1c1ccccc1Cl. The molecule has 1 aromatic heterocycles. The highest BCUT2D eigenvalue weighted by Gasteiger charge is 2.33. The highest BCUT2D eigenvalue weighted by Crippen LogP contribution is 2.39. The minimum atomic E-state index is -1.33. The molecule has 7 nitrogen and oxygen atoms in total. The number of fused-ring (bicyclic) bond motifs is 1. The van der Waals surface area contributed by atoms with Crippen molar-refractivity contribution in [3.8, 4) is 11.1 Å². The second-order valence-corrected chi connectivity index (χ2v) is 9.40. The van der Waals surface area contributed by atoms with Crippen molar-refractivity contribution in [2.24, 2.45) is 0 Å². The van der Waals surface area contributed by atoms with Gasteiger partial charge in [-0.25, -0.2) is 5.01 Å². The lowest BCUT2D eigenvalue weighted by molar-refractivity contribution is -0.305. The Morgan fingerprint density at radius 2 is 1.65 bits per heavy atom. The molecular weight excluding hydrogens is 513 g/mol. The zero-order chi connectivity index (χ0) is 26.1. The third kappa shape index (κ3) is 4.83. The Balaban J connectivity index is 1.72. The van der Waals surface area contributed by atoms with Gasteiger partial charge in [0.25, 0.3) is 5.56 Å². The van der Waals surface area contributed by atoms with Crippen LogP contribution in [0.2, 0.25) is 10.0 Å². The molecule has 1 amide bonds. The largest absolute Gasteiger partial charge is 0.550 e. The van der Waals surface area contributed by atoms with Crippen molar-refractivity contribution in [1.29, 1.82) is 0 Å². The number of aromatic amines is 1. The van der Waals surface area contributed by atoms with Crippen LogP contribution in [0.4, 0.5) is 0 Å². The number of H-pyrrole nitrogens is 1. The number of carbonyl (C=O) groups is 2. The van der Waals surface area contributed by atoms with Gasteiger partial charge in [0.1, 0.15) is 6.04 Å². The smallest absolute Gasteiger partial charge is 0.258 e. The zero-order valence-electron chi connectivity index (χ0n) is 19.3. The third-order valence-corrected chi connectivity index (χ3v) is 6.77. The summed E-state index contributed by atoms with van der Waals surface area (Å²) >= 11 is 12.8. The van der Waals surface area contributed by atoms with Crippen molar-refractivity contribution in [3.63, 3.8) is 0 Å². The van der Waals surface area contributed by atoms with Crippen molar-refractivity contribution in [2.75, 3.05) is 0 Å². The summed E-state index contributed by atoms with van der Waals surface area (Å²) in [5.41, 5.74) is 6.05. The molecule has 37 heavy (non-hydrogen) atoms. The number of hydrogen-bond acceptors (Lipinski definition) is 5. The summed E-state index contributed by atoms with van der Waals surface area (Å²) in [5, 5.41) is 14.0. The molecule has 9 heteroatoms. The topological polar surface area (TPSA) is 105 Å². The summed E-state index contributed by atoms with van der Waals surface area (Å²) in [6, 6.07) is 21.0. The predicted molar refractivity (Wildman–Crippen MR) is 141 cm³/mol. The number of carbonyl (C=O) groups excluding carboxylic acids is 2. The van der Waals surface area contributed by atoms with E-state index in [9.17, 15) is 19.5 Å². The number of aromatic nitrogens is 1. The molecule has 2 heterocycles. The van der Waals surface area contributed by atoms with Crippen molar-refractivity contribution in [3.05, 3.63) is 110 Å². The van der Waals surface area contributed by atoms with Gasteiger partial charge in [0, 0.05) is 38.9 Å². The molecule has 0 aliphatic carbocycles. The summed E-state index contributed by atoms with van der Waals surface area (Å²) < 4.78 is 0. The van der Waals surface area contributed by atoms with Crippen LogP contribution in [0.1, 0.15) is 30.0 Å². The molecule has 3 aromatic carbocycles. The van der Waals surface area contributed by atoms with E-state index >= 15 is 0 Å². The van der Waals surface area contributed by atoms with Gasteiger partial charge in [-0.15, -0.1) is 0 Å². The first-order chi connectivity index (χ1) is 17.8. The molecular formula is C28H20Cl2N3O4-. The number of hydrogen-bond donors (Lipinski definition) is 2. The van der Waals surface area contributed by atoms with Gasteiger partial charge in [-0.05, 0) is 47.9 Å². The number of halogens is 2. The van der Waals surface area contributed by atoms with Gasteiger partial charge in [0.2, 0.25) is 5.91 Å². The molecule has 0 radical (unpaired) electrons. The van der Waals surface area contributed by atoms with Gasteiger partial charge in [0.05, 0.1) is 11.3 Å². The highest BCUT2D eigenvalue weighted by atomic mass is 35.5. The molecule has 1 aliphatic rings. The van der Waals surface area contributed by atoms with E-state index in [4.69, 9.17) is 23.2 Å². The van der Waals surface area contributed by atoms with Crippen LogP contribution in [-0.4, -0.2) is 21.9 Å². The molecule has 0 bridgehead atoms. The van der Waals surface area contributed by atoms with Gasteiger partial charge in [0.15, 0.2) is 0 Å². The summed E-state index contributed by atoms with van der Waals surface area (Å²) in [6.07, 6.45) is 1.02. The summed E-state index contributed by atoms with van der Waals surface area (Å²) in [5.74, 6) is -1.81. The van der Waals surface area contributed by atoms with Crippen LogP contribution >= 0.6 is 23.2 Å². The molecule has 1 aliphatic heterocycles. The molecule has 0 saturated heterocycles. The lowest BCUT2D eigenvalue weighted by Gasteiger charge is -2.26. The lowest BCUT2D eigenvalue weighted by atomic mass is 9.94. The van der Waals surface area contributed by atoms with E-state index < -0.39 is 24.3 Å². The lowest BCUT2D eigenvalue weighted by Crippen LogP contribution is -2.40. The monoisotopic (exact) mass is 532 g/mol. The van der Waals surface area contributed by atoms with E-state index in [1.165, 1.54) is 5.01 Å². The quantitative estimate of drug-likeness (QED) is 0.381. The number of rotatable bonds is 6. The number of aliphatic carboxylic acids is 1. The van der Waals surface area contributed by atoms with Crippen molar-refractivity contribution < 1.29 is 14.7 Å². The molecule has 5 rings (SSSR count). The van der Waals surface area contributed by atoms with E-state index in [2.05, 4.69) is 10.4 Å². The van der Waals surface area contributed by atoms with Crippen LogP contribution in [0, 0.1) is 0 Å². The zero-order valence-corrected chi connectivity index (χ0v) is 20.8. The van der Waals surface area contributed by atoms with Gasteiger partial charge in [-0.3, -0.25) is 15.0 Å². The standard InChI is InChI=1S/C28H21Cl2N3O4/c29-17-10-11-21-19(14-17)26(16-6-2-1-3-7-16)27(28(37)31-21)22-15-23(18-8-4-5-9-20(18)30)33(32-22)24(34)12-13-25(35)36/h1-11,14-15,23,32H,12-13H2,(H,31,37)(H,35,36)/p-1/t23-/m0/s1. The van der Waals surface area contributed by atoms with Gasteiger partial charge >= 0.3 is 0 Å². The minimum Gasteiger partial charge on any atom is -0.550 e. The first kappa shape index (κ1) is 24.6. The van der Waals surface area contributed by atoms with E-state index in [1.54, 1.807) is 48.5 Å². The molecule has 2 N–H and O–H groups in total. The highest BCUT2D eigenvalue weighted by molar-refractivity contribution is 6.32. The van der Waals surface area contributed by atoms with Gasteiger partial charge in [-0.2, -0.15) is 0 Å². The van der Waals surface area contributed by atoms with Crippen molar-refractivity contribution in [1.82, 2.24) is 15.4 Å². The molecule has 1 atom stereocenters. The number of amides is 1. The predicted octanol–water partition coefficient (Wildman–Crippen LogP) is 4.46. The van der Waals surface area contributed by atoms with Gasteiger partial charge in [-0.1, -0.05) is 71.7 Å². The number of carboxylic acids is 1. The Bertz CT molecular complexity index is 1620. The van der Waals surface area contributed by atoms with Crippen molar-refractivity contribution in [2.45, 2.75) is 18.9 Å². The summed E-state index contributed by atoms with van der Waals surface area (Å²) in [7, 11) is 0. The minimum absolute atomic E-state index is 0.285. The maximum atomic E-state index is 13.5. The van der Waals surface area contributed by atoms with E-state index in [0.717, 1.165) is 10.9 Å². The number of benzene rings is 3. The average molecular weight is 533 g/mol. The molecule has 4 aromatic rings. The Morgan fingerprint density at radius 1 is 0.919 bits per heavy atom. The molecule has 0 spiro atoms. The average Bonchev–Trinajstić information content (AvgIpc) is 3.32. The van der Waals surface area contributed by atoms with E-state index in [-0.39, 0.29) is 12.0 Å². The summed E-state index contributed by atoms with van der Waals surface area (Å²) in [6.45, 7) is 0. The number of nitrogens with one attached hydrogen (secondary N) is 2. The Morgan fingerprint density at radius 3 is 2.38 bits per heavy atom. The first-order valence-electron chi connectivity index (χ1n) is 11.5.